The SMILES string of the molecule is O=C1C2=C(O)C=C(c3cc(O)cc4ccccc34)C(Cl)C2N=CN1C1CNC1. The number of hydrogen-bond donors (Lipinski definition) is 3. The molecule has 0 radical (unpaired) electrons. The highest BCUT2D eigenvalue weighted by molar-refractivity contribution is 6.29. The second-order valence-corrected chi connectivity index (χ2v) is 7.72. The van der Waals surface area contributed by atoms with Gasteiger partial charge in [-0.05, 0) is 40.1 Å². The third-order valence-electron chi connectivity index (χ3n) is 5.57. The molecule has 2 aliphatic heterocycles. The van der Waals surface area contributed by atoms with Crippen LogP contribution >= 0.6 is 11.6 Å². The monoisotopic (exact) mass is 395 g/mol. The molecule has 3 aliphatic rings. The Labute approximate surface area is 166 Å². The fourth-order valence-corrected chi connectivity index (χ4v) is 4.36. The summed E-state index contributed by atoms with van der Waals surface area (Å²) in [5.41, 5.74) is 1.57. The van der Waals surface area contributed by atoms with Gasteiger partial charge in [0.25, 0.3) is 5.91 Å². The van der Waals surface area contributed by atoms with Gasteiger partial charge < -0.3 is 15.5 Å². The number of aliphatic imine (C=N–C) groups is 1. The Kier molecular flexibility index (Phi) is 3.92. The van der Waals surface area contributed by atoms with E-state index in [1.165, 1.54) is 12.4 Å². The number of phenols is 1. The van der Waals surface area contributed by atoms with Gasteiger partial charge >= 0.3 is 0 Å². The number of aliphatic hydroxyl groups is 1. The lowest BCUT2D eigenvalue weighted by molar-refractivity contribution is -0.126. The maximum atomic E-state index is 12.9. The van der Waals surface area contributed by atoms with Crippen molar-refractivity contribution in [3.63, 3.8) is 0 Å². The van der Waals surface area contributed by atoms with Crippen LogP contribution in [0.5, 0.6) is 5.75 Å². The van der Waals surface area contributed by atoms with Crippen molar-refractivity contribution in [1.29, 1.82) is 0 Å². The van der Waals surface area contributed by atoms with Crippen molar-refractivity contribution in [1.82, 2.24) is 10.2 Å². The van der Waals surface area contributed by atoms with Crippen LogP contribution in [0.15, 0.2) is 58.8 Å². The summed E-state index contributed by atoms with van der Waals surface area (Å²) in [6.45, 7) is 1.41. The van der Waals surface area contributed by atoms with Gasteiger partial charge in [0.15, 0.2) is 0 Å². The van der Waals surface area contributed by atoms with Gasteiger partial charge in [-0.3, -0.25) is 14.7 Å². The van der Waals surface area contributed by atoms with Crippen LogP contribution in [0.1, 0.15) is 5.56 Å². The molecule has 1 aliphatic carbocycles. The van der Waals surface area contributed by atoms with Crippen LogP contribution in [0, 0.1) is 0 Å². The summed E-state index contributed by atoms with van der Waals surface area (Å²) in [6, 6.07) is 10.3. The number of carbonyl (C=O) groups excluding carboxylic acids is 1. The van der Waals surface area contributed by atoms with E-state index in [2.05, 4.69) is 10.3 Å². The number of alkyl halides is 1. The van der Waals surface area contributed by atoms with Gasteiger partial charge in [0, 0.05) is 13.1 Å². The molecule has 142 valence electrons. The number of nitrogens with zero attached hydrogens (tertiary/aromatic N) is 2. The number of phenolic OH excluding ortho intramolecular Hbond substituents is 1. The van der Waals surface area contributed by atoms with E-state index in [0.717, 1.165) is 16.3 Å². The van der Waals surface area contributed by atoms with E-state index in [1.54, 1.807) is 17.0 Å². The van der Waals surface area contributed by atoms with E-state index >= 15 is 0 Å². The fraction of sp³-hybridized carbons (Fsp3) is 0.238. The summed E-state index contributed by atoms with van der Waals surface area (Å²) >= 11 is 6.76. The molecule has 6 nitrogen and oxygen atoms in total. The highest BCUT2D eigenvalue weighted by Gasteiger charge is 2.43. The zero-order valence-corrected chi connectivity index (χ0v) is 15.6. The molecule has 2 heterocycles. The average Bonchev–Trinajstić information content (AvgIpc) is 2.64. The molecule has 0 saturated carbocycles. The van der Waals surface area contributed by atoms with Crippen LogP contribution in [0.25, 0.3) is 16.3 Å². The number of amides is 1. The molecule has 0 spiro atoms. The second-order valence-electron chi connectivity index (χ2n) is 7.25. The van der Waals surface area contributed by atoms with Gasteiger partial charge in [-0.2, -0.15) is 0 Å². The van der Waals surface area contributed by atoms with Crippen molar-refractivity contribution < 1.29 is 15.0 Å². The Morgan fingerprint density at radius 2 is 1.96 bits per heavy atom. The maximum absolute atomic E-state index is 12.9. The van der Waals surface area contributed by atoms with Gasteiger partial charge in [-0.25, -0.2) is 0 Å². The fourth-order valence-electron chi connectivity index (χ4n) is 3.98. The molecular formula is C21H18ClN3O3. The van der Waals surface area contributed by atoms with Crippen LogP contribution in [0.2, 0.25) is 0 Å². The Hall–Kier alpha value is -2.83. The van der Waals surface area contributed by atoms with E-state index in [-0.39, 0.29) is 29.0 Å². The van der Waals surface area contributed by atoms with Crippen LogP contribution < -0.4 is 5.32 Å². The number of halogens is 1. The highest BCUT2D eigenvalue weighted by atomic mass is 35.5. The number of allylic oxidation sites excluding steroid dienone is 1. The number of hydrogen-bond acceptors (Lipinski definition) is 5. The molecule has 1 amide bonds. The number of aliphatic hydroxyl groups excluding tert-OH is 1. The lowest BCUT2D eigenvalue weighted by atomic mass is 9.84. The number of nitrogens with one attached hydrogen (secondary N) is 1. The molecule has 28 heavy (non-hydrogen) atoms. The summed E-state index contributed by atoms with van der Waals surface area (Å²) < 4.78 is 0. The van der Waals surface area contributed by atoms with Gasteiger partial charge in [-0.1, -0.05) is 24.3 Å². The van der Waals surface area contributed by atoms with Gasteiger partial charge in [0.05, 0.1) is 23.3 Å². The van der Waals surface area contributed by atoms with Crippen molar-refractivity contribution in [2.24, 2.45) is 4.99 Å². The molecule has 5 rings (SSSR count). The van der Waals surface area contributed by atoms with Crippen LogP contribution in [-0.4, -0.2) is 57.9 Å². The minimum absolute atomic E-state index is 0.0478. The zero-order valence-electron chi connectivity index (χ0n) is 14.8. The standard InChI is InChI=1S/C21H18ClN3O3/c22-19-16(15-6-13(26)5-11-3-1-2-4-14(11)15)7-17(27)18-20(19)24-10-25(21(18)28)12-8-23-9-12/h1-7,10,12,19-20,23,26-27H,8-9H2. The van der Waals surface area contributed by atoms with Crippen LogP contribution in [-0.2, 0) is 4.79 Å². The molecule has 2 aromatic rings. The van der Waals surface area contributed by atoms with Crippen molar-refractivity contribution >= 4 is 40.2 Å². The third kappa shape index (κ3) is 2.52. The summed E-state index contributed by atoms with van der Waals surface area (Å²) in [6.07, 6.45) is 3.06. The normalized spacial score (nSPS) is 25.0. The Morgan fingerprint density at radius 1 is 1.18 bits per heavy atom. The van der Waals surface area contributed by atoms with E-state index in [9.17, 15) is 15.0 Å². The van der Waals surface area contributed by atoms with Crippen molar-refractivity contribution in [3.05, 3.63) is 59.4 Å². The number of benzene rings is 2. The smallest absolute Gasteiger partial charge is 0.261 e. The first kappa shape index (κ1) is 17.3. The molecule has 1 fully saturated rings. The number of carbonyl (C=O) groups is 1. The molecule has 7 heteroatoms. The van der Waals surface area contributed by atoms with Crippen molar-refractivity contribution in [2.45, 2.75) is 17.5 Å². The van der Waals surface area contributed by atoms with Crippen LogP contribution in [0.4, 0.5) is 0 Å². The molecule has 3 N–H and O–H groups in total. The van der Waals surface area contributed by atoms with Gasteiger partial charge in [0.2, 0.25) is 0 Å². The second kappa shape index (κ2) is 6.36. The minimum atomic E-state index is -0.667. The molecule has 1 saturated heterocycles. The highest BCUT2D eigenvalue weighted by Crippen LogP contribution is 2.41. The first-order valence-electron chi connectivity index (χ1n) is 9.12. The summed E-state index contributed by atoms with van der Waals surface area (Å²) in [5, 5.41) is 25.1. The quantitative estimate of drug-likeness (QED) is 0.682. The topological polar surface area (TPSA) is 85.2 Å². The molecule has 2 unspecified atom stereocenters. The molecule has 2 atom stereocenters. The molecule has 2 aromatic carbocycles. The largest absolute Gasteiger partial charge is 0.508 e. The summed E-state index contributed by atoms with van der Waals surface area (Å²) in [7, 11) is 0. The molecular weight excluding hydrogens is 378 g/mol. The maximum Gasteiger partial charge on any atom is 0.261 e. The first-order chi connectivity index (χ1) is 13.5. The molecule has 0 aromatic heterocycles. The van der Waals surface area contributed by atoms with E-state index in [1.807, 2.05) is 24.3 Å². The van der Waals surface area contributed by atoms with Crippen molar-refractivity contribution in [2.75, 3.05) is 13.1 Å². The lowest BCUT2D eigenvalue weighted by Crippen LogP contribution is -2.60. The first-order valence-corrected chi connectivity index (χ1v) is 9.56. The predicted molar refractivity (Wildman–Crippen MR) is 109 cm³/mol. The van der Waals surface area contributed by atoms with Crippen LogP contribution in [0.3, 0.4) is 0 Å². The number of rotatable bonds is 2. The molecule has 0 bridgehead atoms. The zero-order chi connectivity index (χ0) is 19.4. The average molecular weight is 396 g/mol. The summed E-state index contributed by atoms with van der Waals surface area (Å²) in [5.74, 6) is -0.270. The third-order valence-corrected chi connectivity index (χ3v) is 6.04. The number of fused-ring (bicyclic) bond motifs is 2. The Balaban J connectivity index is 1.64. The lowest BCUT2D eigenvalue weighted by Gasteiger charge is -2.40. The van der Waals surface area contributed by atoms with Gasteiger partial charge in [0.1, 0.15) is 17.6 Å². The Bertz CT molecular complexity index is 1090. The van der Waals surface area contributed by atoms with E-state index in [4.69, 9.17) is 11.6 Å². The van der Waals surface area contributed by atoms with E-state index in [0.29, 0.717) is 18.7 Å². The van der Waals surface area contributed by atoms with E-state index < -0.39 is 11.4 Å². The Morgan fingerprint density at radius 3 is 2.71 bits per heavy atom. The number of aromatic hydroxyl groups is 1. The summed E-state index contributed by atoms with van der Waals surface area (Å²) in [4.78, 5) is 19.0. The van der Waals surface area contributed by atoms with Gasteiger partial charge in [-0.15, -0.1) is 11.6 Å². The van der Waals surface area contributed by atoms with Crippen molar-refractivity contribution in [3.8, 4) is 5.75 Å². The predicted octanol–water partition coefficient (Wildman–Crippen LogP) is 2.57. The minimum Gasteiger partial charge on any atom is -0.508 e.